The molecule has 0 saturated carbocycles. The molecule has 2 N–H and O–H groups in total. The minimum atomic E-state index is -0.0123. The Morgan fingerprint density at radius 2 is 1.93 bits per heavy atom. The summed E-state index contributed by atoms with van der Waals surface area (Å²) >= 11 is 0. The summed E-state index contributed by atoms with van der Waals surface area (Å²) in [5.74, 6) is 1.41. The summed E-state index contributed by atoms with van der Waals surface area (Å²) in [4.78, 5) is 18.5. The van der Waals surface area contributed by atoms with Crippen molar-refractivity contribution in [3.05, 3.63) is 65.9 Å². The zero-order chi connectivity index (χ0) is 18.9. The lowest BCUT2D eigenvalue weighted by atomic mass is 9.84. The summed E-state index contributed by atoms with van der Waals surface area (Å²) < 4.78 is 5.90. The largest absolute Gasteiger partial charge is 0.489 e. The molecule has 3 aromatic rings. The van der Waals surface area contributed by atoms with E-state index in [4.69, 9.17) is 4.74 Å². The Morgan fingerprint density at radius 1 is 1.11 bits per heavy atom. The highest BCUT2D eigenvalue weighted by molar-refractivity contribution is 5.98. The third-order valence-electron chi connectivity index (χ3n) is 6.06. The van der Waals surface area contributed by atoms with Crippen LogP contribution in [-0.4, -0.2) is 41.5 Å². The molecular formula is C23H25N3O2. The Hall–Kier alpha value is -2.79. The first-order chi connectivity index (χ1) is 13.7. The van der Waals surface area contributed by atoms with E-state index in [0.29, 0.717) is 18.2 Å². The van der Waals surface area contributed by atoms with Crippen LogP contribution in [0.2, 0.25) is 0 Å². The number of ether oxygens (including phenoxy) is 1. The minimum Gasteiger partial charge on any atom is -0.489 e. The lowest BCUT2D eigenvalue weighted by Gasteiger charge is -2.44. The van der Waals surface area contributed by atoms with Gasteiger partial charge < -0.3 is 19.9 Å². The average Bonchev–Trinajstić information content (AvgIpc) is 3.17. The highest BCUT2D eigenvalue weighted by Crippen LogP contribution is 2.28. The Bertz CT molecular complexity index is 974. The van der Waals surface area contributed by atoms with Crippen molar-refractivity contribution in [3.8, 4) is 5.75 Å². The predicted octanol–water partition coefficient (Wildman–Crippen LogP) is 3.57. The van der Waals surface area contributed by atoms with E-state index in [0.717, 1.165) is 28.8 Å². The van der Waals surface area contributed by atoms with Crippen molar-refractivity contribution in [3.63, 3.8) is 0 Å². The zero-order valence-electron chi connectivity index (χ0n) is 15.9. The van der Waals surface area contributed by atoms with Crippen molar-refractivity contribution in [1.82, 2.24) is 15.2 Å². The molecule has 1 unspecified atom stereocenters. The monoisotopic (exact) mass is 375 g/mol. The van der Waals surface area contributed by atoms with Crippen LogP contribution in [-0.2, 0) is 6.61 Å². The van der Waals surface area contributed by atoms with E-state index < -0.39 is 0 Å². The predicted molar refractivity (Wildman–Crippen MR) is 109 cm³/mol. The number of benzene rings is 2. The maximum absolute atomic E-state index is 12.8. The molecule has 1 atom stereocenters. The molecule has 0 radical (unpaired) electrons. The molecule has 4 heterocycles. The van der Waals surface area contributed by atoms with Gasteiger partial charge >= 0.3 is 0 Å². The molecule has 5 nitrogen and oxygen atoms in total. The van der Waals surface area contributed by atoms with Crippen LogP contribution in [0.4, 0.5) is 0 Å². The van der Waals surface area contributed by atoms with Crippen molar-refractivity contribution >= 4 is 16.8 Å². The molecule has 0 aliphatic carbocycles. The first-order valence-corrected chi connectivity index (χ1v) is 10.1. The lowest BCUT2D eigenvalue weighted by molar-refractivity contribution is 0.0618. The fraction of sp³-hybridized carbons (Fsp3) is 0.348. The molecule has 144 valence electrons. The van der Waals surface area contributed by atoms with Gasteiger partial charge in [0.1, 0.15) is 18.1 Å². The lowest BCUT2D eigenvalue weighted by Crippen LogP contribution is -2.57. The van der Waals surface area contributed by atoms with Crippen molar-refractivity contribution < 1.29 is 9.53 Å². The molecule has 0 spiro atoms. The van der Waals surface area contributed by atoms with Crippen LogP contribution in [0.3, 0.4) is 0 Å². The number of nitrogens with zero attached hydrogens (tertiary/aromatic N) is 1. The number of carbonyl (C=O) groups excluding carboxylic acids is 1. The van der Waals surface area contributed by atoms with E-state index in [1.165, 1.54) is 25.9 Å². The standard InChI is InChI=1S/C23H25N3O2/c27-23(25-22-14-26-10-8-17(22)9-11-26)21-13-18-12-19(6-7-20(18)24-21)28-15-16-4-2-1-3-5-16/h1-7,12-13,17,22,24H,8-11,14-15H2,(H,25,27). The smallest absolute Gasteiger partial charge is 0.268 e. The van der Waals surface area contributed by atoms with Crippen LogP contribution in [0.1, 0.15) is 28.9 Å². The summed E-state index contributed by atoms with van der Waals surface area (Å²) in [6, 6.07) is 18.2. The Balaban J connectivity index is 1.27. The molecule has 3 fully saturated rings. The molecular weight excluding hydrogens is 350 g/mol. The summed E-state index contributed by atoms with van der Waals surface area (Å²) in [6.07, 6.45) is 2.39. The van der Waals surface area contributed by atoms with Gasteiger partial charge in [-0.25, -0.2) is 0 Å². The number of carbonyl (C=O) groups is 1. The van der Waals surface area contributed by atoms with Gasteiger partial charge in [-0.1, -0.05) is 30.3 Å². The summed E-state index contributed by atoms with van der Waals surface area (Å²) in [6.45, 7) is 3.86. The topological polar surface area (TPSA) is 57.4 Å². The molecule has 3 aliphatic heterocycles. The molecule has 28 heavy (non-hydrogen) atoms. The van der Waals surface area contributed by atoms with Crippen LogP contribution < -0.4 is 10.1 Å². The number of aromatic amines is 1. The molecule has 5 heteroatoms. The highest BCUT2D eigenvalue weighted by Gasteiger charge is 2.35. The number of hydrogen-bond acceptors (Lipinski definition) is 3. The first kappa shape index (κ1) is 17.3. The van der Waals surface area contributed by atoms with E-state index >= 15 is 0 Å². The molecule has 3 saturated heterocycles. The van der Waals surface area contributed by atoms with Gasteiger partial charge in [-0.15, -0.1) is 0 Å². The Morgan fingerprint density at radius 3 is 2.68 bits per heavy atom. The van der Waals surface area contributed by atoms with Gasteiger partial charge in [0, 0.05) is 23.5 Å². The van der Waals surface area contributed by atoms with Gasteiger partial charge in [-0.2, -0.15) is 0 Å². The van der Waals surface area contributed by atoms with Gasteiger partial charge in [0.15, 0.2) is 0 Å². The van der Waals surface area contributed by atoms with Crippen molar-refractivity contribution in [2.75, 3.05) is 19.6 Å². The van der Waals surface area contributed by atoms with E-state index in [1.807, 2.05) is 54.6 Å². The number of amides is 1. The average molecular weight is 375 g/mol. The maximum atomic E-state index is 12.8. The van der Waals surface area contributed by atoms with Gasteiger partial charge in [-0.3, -0.25) is 4.79 Å². The second-order valence-corrected chi connectivity index (χ2v) is 7.92. The van der Waals surface area contributed by atoms with Gasteiger partial charge in [0.05, 0.1) is 0 Å². The third kappa shape index (κ3) is 3.50. The van der Waals surface area contributed by atoms with E-state index in [1.54, 1.807) is 0 Å². The number of piperidine rings is 3. The summed E-state index contributed by atoms with van der Waals surface area (Å²) in [7, 11) is 0. The molecule has 2 aromatic carbocycles. The maximum Gasteiger partial charge on any atom is 0.268 e. The number of rotatable bonds is 5. The second kappa shape index (κ2) is 7.32. The van der Waals surface area contributed by atoms with Gasteiger partial charge in [0.25, 0.3) is 5.91 Å². The molecule has 1 amide bonds. The zero-order valence-corrected chi connectivity index (χ0v) is 15.9. The highest BCUT2D eigenvalue weighted by atomic mass is 16.5. The van der Waals surface area contributed by atoms with Crippen LogP contribution in [0, 0.1) is 5.92 Å². The third-order valence-corrected chi connectivity index (χ3v) is 6.06. The summed E-state index contributed by atoms with van der Waals surface area (Å²) in [5, 5.41) is 4.24. The van der Waals surface area contributed by atoms with Gasteiger partial charge in [-0.05, 0) is 61.7 Å². The number of nitrogens with one attached hydrogen (secondary N) is 2. The van der Waals surface area contributed by atoms with Gasteiger partial charge in [0.2, 0.25) is 0 Å². The van der Waals surface area contributed by atoms with Crippen molar-refractivity contribution in [2.45, 2.75) is 25.5 Å². The minimum absolute atomic E-state index is 0.0123. The van der Waals surface area contributed by atoms with Crippen LogP contribution in [0.25, 0.3) is 10.9 Å². The molecule has 6 rings (SSSR count). The number of hydrogen-bond donors (Lipinski definition) is 2. The SMILES string of the molecule is O=C(NC1CN2CCC1CC2)c1cc2cc(OCc3ccccc3)ccc2[nH]1. The van der Waals surface area contributed by atoms with Crippen LogP contribution in [0.15, 0.2) is 54.6 Å². The molecule has 3 aliphatic rings. The van der Waals surface area contributed by atoms with Crippen LogP contribution in [0.5, 0.6) is 5.75 Å². The molecule has 1 aromatic heterocycles. The second-order valence-electron chi connectivity index (χ2n) is 7.92. The number of aromatic nitrogens is 1. The summed E-state index contributed by atoms with van der Waals surface area (Å²) in [5.41, 5.74) is 2.70. The van der Waals surface area contributed by atoms with E-state index in [-0.39, 0.29) is 11.9 Å². The van der Waals surface area contributed by atoms with E-state index in [2.05, 4.69) is 15.2 Å². The fourth-order valence-electron chi connectivity index (χ4n) is 4.44. The quantitative estimate of drug-likeness (QED) is 0.717. The van der Waals surface area contributed by atoms with E-state index in [9.17, 15) is 4.79 Å². The van der Waals surface area contributed by atoms with Crippen molar-refractivity contribution in [2.24, 2.45) is 5.92 Å². The number of H-pyrrole nitrogens is 1. The normalized spacial score (nSPS) is 23.6. The fourth-order valence-corrected chi connectivity index (χ4v) is 4.44. The van der Waals surface area contributed by atoms with Crippen LogP contribution >= 0.6 is 0 Å². The molecule has 2 bridgehead atoms. The Labute approximate surface area is 164 Å². The first-order valence-electron chi connectivity index (χ1n) is 10.1. The number of fused-ring (bicyclic) bond motifs is 4. The Kier molecular flexibility index (Phi) is 4.53. The van der Waals surface area contributed by atoms with Crippen molar-refractivity contribution in [1.29, 1.82) is 0 Å².